The predicted octanol–water partition coefficient (Wildman–Crippen LogP) is 4.69. The number of nitrogens with one attached hydrogen (secondary N) is 1. The molecule has 1 amide bonds. The number of carbonyl (C=O) groups is 1. The first-order valence-corrected chi connectivity index (χ1v) is 7.78. The second-order valence-corrected chi connectivity index (χ2v) is 5.75. The van der Waals surface area contributed by atoms with Gasteiger partial charge in [-0.25, -0.2) is 4.39 Å². The number of ether oxygens (including phenoxy) is 1. The lowest BCUT2D eigenvalue weighted by atomic mass is 10.2. The van der Waals surface area contributed by atoms with Crippen molar-refractivity contribution < 1.29 is 13.9 Å². The van der Waals surface area contributed by atoms with Crippen LogP contribution in [0.5, 0.6) is 5.75 Å². The number of amides is 1. The summed E-state index contributed by atoms with van der Waals surface area (Å²) in [6.45, 7) is 3.75. The molecule has 0 unspecified atom stereocenters. The number of rotatable bonds is 5. The number of halogens is 2. The third-order valence-corrected chi connectivity index (χ3v) is 4.08. The van der Waals surface area contributed by atoms with Gasteiger partial charge in [-0.3, -0.25) is 4.79 Å². The van der Waals surface area contributed by atoms with Crippen LogP contribution in [0.15, 0.2) is 46.9 Å². The summed E-state index contributed by atoms with van der Waals surface area (Å²) in [6.07, 6.45) is -0.309. The second kappa shape index (κ2) is 7.40. The van der Waals surface area contributed by atoms with E-state index in [-0.39, 0.29) is 11.7 Å². The van der Waals surface area contributed by atoms with E-state index in [4.69, 9.17) is 4.74 Å². The van der Waals surface area contributed by atoms with Gasteiger partial charge in [-0.05, 0) is 49.2 Å². The highest BCUT2D eigenvalue weighted by molar-refractivity contribution is 9.10. The Morgan fingerprint density at radius 3 is 2.68 bits per heavy atom. The molecule has 2 rings (SSSR count). The first-order valence-electron chi connectivity index (χ1n) is 6.99. The van der Waals surface area contributed by atoms with Crippen LogP contribution in [0.2, 0.25) is 0 Å². The topological polar surface area (TPSA) is 38.3 Å². The number of hydrogen-bond donors (Lipinski definition) is 1. The molecule has 0 spiro atoms. The molecule has 0 saturated heterocycles. The fourth-order valence-electron chi connectivity index (χ4n) is 1.96. The lowest BCUT2D eigenvalue weighted by Crippen LogP contribution is -2.32. The SMILES string of the molecule is CC[C@H](Oc1ccccc1F)C(=O)Nc1ccc(Br)c(C)c1. The van der Waals surface area contributed by atoms with E-state index in [1.165, 1.54) is 12.1 Å². The maximum Gasteiger partial charge on any atom is 0.265 e. The summed E-state index contributed by atoms with van der Waals surface area (Å²) in [5.74, 6) is -0.697. The van der Waals surface area contributed by atoms with Crippen molar-refractivity contribution in [2.24, 2.45) is 0 Å². The van der Waals surface area contributed by atoms with Gasteiger partial charge < -0.3 is 10.1 Å². The number of benzene rings is 2. The molecule has 0 fully saturated rings. The molecule has 0 aliphatic rings. The Morgan fingerprint density at radius 2 is 2.05 bits per heavy atom. The van der Waals surface area contributed by atoms with Crippen LogP contribution >= 0.6 is 15.9 Å². The van der Waals surface area contributed by atoms with Gasteiger partial charge in [0.25, 0.3) is 5.91 Å². The van der Waals surface area contributed by atoms with Crippen LogP contribution in [0.1, 0.15) is 18.9 Å². The van der Waals surface area contributed by atoms with Crippen molar-refractivity contribution in [3.05, 3.63) is 58.3 Å². The van der Waals surface area contributed by atoms with Gasteiger partial charge in [-0.15, -0.1) is 0 Å². The zero-order valence-corrected chi connectivity index (χ0v) is 14.0. The van der Waals surface area contributed by atoms with E-state index in [0.717, 1.165) is 10.0 Å². The Labute approximate surface area is 137 Å². The van der Waals surface area contributed by atoms with Gasteiger partial charge in [-0.1, -0.05) is 35.0 Å². The van der Waals surface area contributed by atoms with Crippen molar-refractivity contribution in [3.8, 4) is 5.75 Å². The molecule has 0 bridgehead atoms. The average molecular weight is 366 g/mol. The van der Waals surface area contributed by atoms with Gasteiger partial charge in [0, 0.05) is 10.2 Å². The maximum atomic E-state index is 13.6. The third-order valence-electron chi connectivity index (χ3n) is 3.19. The third kappa shape index (κ3) is 4.07. The van der Waals surface area contributed by atoms with Crippen LogP contribution in [0.3, 0.4) is 0 Å². The predicted molar refractivity (Wildman–Crippen MR) is 88.6 cm³/mol. The van der Waals surface area contributed by atoms with E-state index in [2.05, 4.69) is 21.2 Å². The van der Waals surface area contributed by atoms with Crippen LogP contribution in [-0.2, 0) is 4.79 Å². The standard InChI is InChI=1S/C17H17BrFNO2/c1-3-15(22-16-7-5-4-6-14(16)19)17(21)20-12-8-9-13(18)11(2)10-12/h4-10,15H,3H2,1-2H3,(H,20,21)/t15-/m0/s1. The van der Waals surface area contributed by atoms with Crippen molar-refractivity contribution in [2.75, 3.05) is 5.32 Å². The normalized spacial score (nSPS) is 11.8. The lowest BCUT2D eigenvalue weighted by Gasteiger charge is -2.18. The summed E-state index contributed by atoms with van der Waals surface area (Å²) in [4.78, 5) is 12.3. The minimum Gasteiger partial charge on any atom is -0.478 e. The fourth-order valence-corrected chi connectivity index (χ4v) is 2.21. The Morgan fingerprint density at radius 1 is 1.32 bits per heavy atom. The molecule has 0 saturated carbocycles. The number of anilines is 1. The largest absolute Gasteiger partial charge is 0.478 e. The zero-order valence-electron chi connectivity index (χ0n) is 12.4. The van der Waals surface area contributed by atoms with E-state index in [1.54, 1.807) is 18.2 Å². The smallest absolute Gasteiger partial charge is 0.265 e. The van der Waals surface area contributed by atoms with Crippen LogP contribution in [0.25, 0.3) is 0 Å². The molecular formula is C17H17BrFNO2. The van der Waals surface area contributed by atoms with Crippen LogP contribution < -0.4 is 10.1 Å². The summed E-state index contributed by atoms with van der Waals surface area (Å²) in [7, 11) is 0. The van der Waals surface area contributed by atoms with Crippen molar-refractivity contribution in [1.29, 1.82) is 0 Å². The summed E-state index contributed by atoms with van der Waals surface area (Å²) in [5.41, 5.74) is 1.70. The maximum absolute atomic E-state index is 13.6. The van der Waals surface area contributed by atoms with Crippen molar-refractivity contribution in [1.82, 2.24) is 0 Å². The first-order chi connectivity index (χ1) is 10.5. The molecule has 22 heavy (non-hydrogen) atoms. The molecule has 5 heteroatoms. The molecule has 1 N–H and O–H groups in total. The molecule has 2 aromatic rings. The first kappa shape index (κ1) is 16.5. The Hall–Kier alpha value is -1.88. The highest BCUT2D eigenvalue weighted by Crippen LogP contribution is 2.22. The molecule has 0 aliphatic heterocycles. The second-order valence-electron chi connectivity index (χ2n) is 4.90. The highest BCUT2D eigenvalue weighted by atomic mass is 79.9. The average Bonchev–Trinajstić information content (AvgIpc) is 2.50. The van der Waals surface area contributed by atoms with Gasteiger partial charge in [0.15, 0.2) is 17.7 Å². The summed E-state index contributed by atoms with van der Waals surface area (Å²) in [6, 6.07) is 11.6. The molecular weight excluding hydrogens is 349 g/mol. The molecule has 116 valence electrons. The van der Waals surface area contributed by atoms with Gasteiger partial charge >= 0.3 is 0 Å². The summed E-state index contributed by atoms with van der Waals surface area (Å²) < 4.78 is 20.1. The van der Waals surface area contributed by atoms with Crippen LogP contribution in [-0.4, -0.2) is 12.0 Å². The van der Waals surface area contributed by atoms with Crippen molar-refractivity contribution in [3.63, 3.8) is 0 Å². The fraction of sp³-hybridized carbons (Fsp3) is 0.235. The van der Waals surface area contributed by atoms with Crippen molar-refractivity contribution >= 4 is 27.5 Å². The molecule has 0 heterocycles. The minimum atomic E-state index is -0.749. The van der Waals surface area contributed by atoms with Crippen molar-refractivity contribution in [2.45, 2.75) is 26.4 Å². The van der Waals surface area contributed by atoms with E-state index in [0.29, 0.717) is 12.1 Å². The van der Waals surface area contributed by atoms with Gasteiger partial charge in [0.1, 0.15) is 0 Å². The molecule has 0 aliphatic carbocycles. The van der Waals surface area contributed by atoms with E-state index in [9.17, 15) is 9.18 Å². The van der Waals surface area contributed by atoms with E-state index in [1.807, 2.05) is 26.0 Å². The summed E-state index contributed by atoms with van der Waals surface area (Å²) in [5, 5.41) is 2.79. The minimum absolute atomic E-state index is 0.0801. The van der Waals surface area contributed by atoms with E-state index >= 15 is 0 Å². The van der Waals surface area contributed by atoms with E-state index < -0.39 is 11.9 Å². The van der Waals surface area contributed by atoms with Gasteiger partial charge in [0.05, 0.1) is 0 Å². The summed E-state index contributed by atoms with van der Waals surface area (Å²) >= 11 is 3.41. The number of aryl methyl sites for hydroxylation is 1. The Kier molecular flexibility index (Phi) is 5.55. The van der Waals surface area contributed by atoms with Crippen LogP contribution in [0, 0.1) is 12.7 Å². The Bertz CT molecular complexity index is 675. The van der Waals surface area contributed by atoms with Gasteiger partial charge in [-0.2, -0.15) is 0 Å². The highest BCUT2D eigenvalue weighted by Gasteiger charge is 2.20. The van der Waals surface area contributed by atoms with Crippen LogP contribution in [0.4, 0.5) is 10.1 Å². The quantitative estimate of drug-likeness (QED) is 0.834. The molecule has 3 nitrogen and oxygen atoms in total. The molecule has 0 aromatic heterocycles. The molecule has 1 atom stereocenters. The number of para-hydroxylation sites is 1. The monoisotopic (exact) mass is 365 g/mol. The number of carbonyl (C=O) groups excluding carboxylic acids is 1. The van der Waals surface area contributed by atoms with Gasteiger partial charge in [0.2, 0.25) is 0 Å². The lowest BCUT2D eigenvalue weighted by molar-refractivity contribution is -0.122. The molecule has 0 radical (unpaired) electrons. The molecule has 2 aromatic carbocycles. The zero-order chi connectivity index (χ0) is 16.1. The Balaban J connectivity index is 2.08. The number of hydrogen-bond acceptors (Lipinski definition) is 2.